The monoisotopic (exact) mass is 709 g/mol. The molecule has 17 heteroatoms. The summed E-state index contributed by atoms with van der Waals surface area (Å²) in [6.45, 7) is 0.861. The molecule has 0 radical (unpaired) electrons. The minimum atomic E-state index is -6.13. The number of likely N-dealkylation sites (N-methyl/N-ethyl adjacent to an activating group) is 1. The van der Waals surface area contributed by atoms with Crippen LogP contribution in [0.15, 0.2) is 47.2 Å². The van der Waals surface area contributed by atoms with Crippen LogP contribution in [0.5, 0.6) is 11.5 Å². The number of ether oxygens (including phenoxy) is 1. The van der Waals surface area contributed by atoms with Crippen molar-refractivity contribution in [2.24, 2.45) is 17.6 Å². The molecule has 0 saturated heterocycles. The molecule has 5 rings (SSSR count). The second-order valence-corrected chi connectivity index (χ2v) is 12.5. The van der Waals surface area contributed by atoms with Crippen LogP contribution in [-0.4, -0.2) is 93.2 Å². The van der Waals surface area contributed by atoms with Crippen LogP contribution < -0.4 is 15.8 Å². The van der Waals surface area contributed by atoms with Gasteiger partial charge in [0.05, 0.1) is 18.2 Å². The number of aliphatic hydroxyl groups is 3. The second-order valence-electron chi connectivity index (χ2n) is 12.5. The van der Waals surface area contributed by atoms with E-state index in [-0.39, 0.29) is 53.0 Å². The smallest absolute Gasteiger partial charge is 0.463 e. The number of phenols is 1. The fraction of sp³-hybridized carbons (Fsp3) is 0.394. The summed E-state index contributed by atoms with van der Waals surface area (Å²) in [5.74, 6) is -16.4. The quantitative estimate of drug-likeness (QED) is 0.175. The summed E-state index contributed by atoms with van der Waals surface area (Å²) in [6, 6.07) is 5.54. The molecule has 0 aliphatic heterocycles. The Morgan fingerprint density at radius 3 is 2.32 bits per heavy atom. The number of hydrogen-bond donors (Lipinski definition) is 6. The Hall–Kier alpha value is -5.03. The number of carbonyl (C=O) groups excluding carboxylic acids is 4. The van der Waals surface area contributed by atoms with Crippen molar-refractivity contribution in [3.8, 4) is 22.6 Å². The van der Waals surface area contributed by atoms with Crippen LogP contribution in [0, 0.1) is 11.8 Å². The Morgan fingerprint density at radius 1 is 1.08 bits per heavy atom. The number of primary amides is 1. The van der Waals surface area contributed by atoms with E-state index in [1.54, 1.807) is 12.2 Å². The van der Waals surface area contributed by atoms with Crippen LogP contribution >= 0.6 is 0 Å². The van der Waals surface area contributed by atoms with Crippen molar-refractivity contribution in [1.29, 1.82) is 0 Å². The zero-order chi connectivity index (χ0) is 37.2. The Bertz CT molecular complexity index is 1890. The summed E-state index contributed by atoms with van der Waals surface area (Å²) in [5.41, 5.74) is 1.80. The van der Waals surface area contributed by atoms with Crippen molar-refractivity contribution in [2.45, 2.75) is 50.1 Å². The molecule has 0 heterocycles. The third kappa shape index (κ3) is 5.44. The number of benzene rings is 2. The van der Waals surface area contributed by atoms with Gasteiger partial charge in [-0.15, -0.1) is 0 Å². The number of nitrogens with zero attached hydrogens (tertiary/aromatic N) is 1. The summed E-state index contributed by atoms with van der Waals surface area (Å²) in [6.07, 6.45) is -6.40. The van der Waals surface area contributed by atoms with Crippen molar-refractivity contribution in [2.75, 3.05) is 20.7 Å². The van der Waals surface area contributed by atoms with Crippen molar-refractivity contribution in [1.82, 2.24) is 10.2 Å². The largest absolute Gasteiger partial charge is 0.508 e. The van der Waals surface area contributed by atoms with E-state index in [2.05, 4.69) is 0 Å². The molecule has 1 saturated carbocycles. The molecule has 4 atom stereocenters. The molecule has 0 unspecified atom stereocenters. The number of hydrogen-bond acceptors (Lipinski definition) is 10. The van der Waals surface area contributed by atoms with E-state index in [0.717, 1.165) is 0 Å². The third-order valence-electron chi connectivity index (χ3n) is 9.36. The van der Waals surface area contributed by atoms with E-state index in [0.29, 0.717) is 5.56 Å². The molecule has 3 aliphatic rings. The first-order valence-corrected chi connectivity index (χ1v) is 15.2. The summed E-state index contributed by atoms with van der Waals surface area (Å²) < 4.78 is 71.0. The van der Waals surface area contributed by atoms with Gasteiger partial charge in [-0.05, 0) is 74.7 Å². The number of phenolic OH excluding ortho intramolecular Hbond substituents is 1. The average molecular weight is 710 g/mol. The molecule has 3 aliphatic carbocycles. The number of aromatic hydroxyl groups is 1. The molecule has 2 aromatic carbocycles. The van der Waals surface area contributed by atoms with Crippen molar-refractivity contribution >= 4 is 29.1 Å². The van der Waals surface area contributed by atoms with Gasteiger partial charge in [-0.3, -0.25) is 24.1 Å². The first-order chi connectivity index (χ1) is 23.2. The molecule has 2 aromatic rings. The van der Waals surface area contributed by atoms with Crippen LogP contribution in [0.2, 0.25) is 0 Å². The van der Waals surface area contributed by atoms with Crippen LogP contribution in [0.4, 0.5) is 22.0 Å². The highest BCUT2D eigenvalue weighted by molar-refractivity contribution is 6.24. The maximum atomic E-state index is 14.1. The molecule has 1 fully saturated rings. The topological polar surface area (TPSA) is 200 Å². The van der Waals surface area contributed by atoms with Crippen LogP contribution in [0.3, 0.4) is 0 Å². The standard InChI is InChI=1S/C33H32F5N3O9/c1-4-50-20-8-5-13(9-15(20)12-40-30(48)32(34,35)33(36,37)38)16-6-7-19(42)22-17(16)10-14-11-18-24(41(2)3)26(44)23(29(39)47)28(46)31(18,49)27(45)21(14)25(22)43/h5-9,14,18,24,42-43,46,49H,4,10-12H2,1-3H3,(H2,39,47)(H,40,48)/t14-,18-,24-,31-/m0/s1. The molecular formula is C33H32F5N3O9. The molecule has 50 heavy (non-hydrogen) atoms. The first kappa shape index (κ1) is 36.3. The van der Waals surface area contributed by atoms with Crippen molar-refractivity contribution in [3.05, 3.63) is 63.9 Å². The summed E-state index contributed by atoms with van der Waals surface area (Å²) >= 11 is 0. The van der Waals surface area contributed by atoms with Crippen molar-refractivity contribution < 1.29 is 66.3 Å². The van der Waals surface area contributed by atoms with Gasteiger partial charge < -0.3 is 36.2 Å². The first-order valence-electron chi connectivity index (χ1n) is 15.2. The highest BCUT2D eigenvalue weighted by Gasteiger charge is 2.65. The highest BCUT2D eigenvalue weighted by Crippen LogP contribution is 2.53. The zero-order valence-corrected chi connectivity index (χ0v) is 26.7. The molecule has 2 amide bonds. The third-order valence-corrected chi connectivity index (χ3v) is 9.36. The molecule has 7 N–H and O–H groups in total. The Kier molecular flexibility index (Phi) is 8.98. The number of fused-ring (bicyclic) bond motifs is 3. The van der Waals surface area contributed by atoms with E-state index in [1.165, 1.54) is 49.3 Å². The number of halogens is 5. The van der Waals surface area contributed by atoms with Gasteiger partial charge in [0.25, 0.3) is 5.91 Å². The van der Waals surface area contributed by atoms with Gasteiger partial charge in [0.2, 0.25) is 5.78 Å². The number of amides is 2. The van der Waals surface area contributed by atoms with E-state index in [9.17, 15) is 61.6 Å². The maximum absolute atomic E-state index is 14.1. The number of carbonyl (C=O) groups is 4. The number of alkyl halides is 5. The van der Waals surface area contributed by atoms with Gasteiger partial charge in [-0.2, -0.15) is 22.0 Å². The lowest BCUT2D eigenvalue weighted by atomic mass is 9.57. The molecular weight excluding hydrogens is 677 g/mol. The molecule has 268 valence electrons. The van der Waals surface area contributed by atoms with Gasteiger partial charge in [0.15, 0.2) is 11.4 Å². The number of nitrogens with two attached hydrogens (primary N) is 1. The van der Waals surface area contributed by atoms with E-state index < -0.39 is 88.3 Å². The van der Waals surface area contributed by atoms with Gasteiger partial charge in [0.1, 0.15) is 28.6 Å². The minimum Gasteiger partial charge on any atom is -0.508 e. The number of rotatable bonds is 8. The van der Waals surface area contributed by atoms with Crippen molar-refractivity contribution in [3.63, 3.8) is 0 Å². The van der Waals surface area contributed by atoms with Crippen LogP contribution in [0.25, 0.3) is 16.9 Å². The zero-order valence-electron chi connectivity index (χ0n) is 26.7. The summed E-state index contributed by atoms with van der Waals surface area (Å²) in [4.78, 5) is 52.7. The van der Waals surface area contributed by atoms with Gasteiger partial charge >= 0.3 is 18.0 Å². The summed E-state index contributed by atoms with van der Waals surface area (Å²) in [7, 11) is 2.92. The predicted molar refractivity (Wildman–Crippen MR) is 164 cm³/mol. The van der Waals surface area contributed by atoms with E-state index >= 15 is 0 Å². The maximum Gasteiger partial charge on any atom is 0.463 e. The van der Waals surface area contributed by atoms with E-state index in [1.807, 2.05) is 0 Å². The SMILES string of the molecule is CCOc1ccc(-c2ccc(O)c3c2C[C@H]2C[C@H]4[C@H](N(C)C)C(=O)C(C(N)=O)=C(O)[C@@]4(O)C(=O)C2=C3O)cc1CNC(=O)C(F)(F)C(F)(F)F. The lowest BCUT2D eigenvalue weighted by molar-refractivity contribution is -0.269. The molecule has 0 spiro atoms. The van der Waals surface area contributed by atoms with Crippen LogP contribution in [-0.2, 0) is 32.1 Å². The number of nitrogens with one attached hydrogen (secondary N) is 1. The Labute approximate surface area is 280 Å². The normalized spacial score (nSPS) is 23.8. The fourth-order valence-corrected chi connectivity index (χ4v) is 7.11. The average Bonchev–Trinajstić information content (AvgIpc) is 3.01. The number of aliphatic hydroxyl groups excluding tert-OH is 2. The molecule has 12 nitrogen and oxygen atoms in total. The lowest BCUT2D eigenvalue weighted by Gasteiger charge is -2.50. The minimum absolute atomic E-state index is 0.00808. The highest BCUT2D eigenvalue weighted by atomic mass is 19.4. The van der Waals surface area contributed by atoms with Gasteiger partial charge in [-0.25, -0.2) is 0 Å². The number of ketones is 2. The van der Waals surface area contributed by atoms with Gasteiger partial charge in [0, 0.05) is 23.6 Å². The van der Waals surface area contributed by atoms with Crippen LogP contribution in [0.1, 0.15) is 30.0 Å². The van der Waals surface area contributed by atoms with E-state index in [4.69, 9.17) is 10.5 Å². The summed E-state index contributed by atoms with van der Waals surface area (Å²) in [5, 5.41) is 46.7. The Morgan fingerprint density at radius 2 is 1.74 bits per heavy atom. The number of Topliss-reactive ketones (excluding diaryl/α,β-unsaturated/α-hetero) is 2. The predicted octanol–water partition coefficient (Wildman–Crippen LogP) is 2.84. The molecule has 0 aromatic heterocycles. The fourth-order valence-electron chi connectivity index (χ4n) is 7.11. The Balaban J connectivity index is 1.62. The lowest BCUT2D eigenvalue weighted by Crippen LogP contribution is -2.65. The molecule has 0 bridgehead atoms. The second kappa shape index (κ2) is 12.4. The van der Waals surface area contributed by atoms with Gasteiger partial charge in [-0.1, -0.05) is 12.1 Å².